The summed E-state index contributed by atoms with van der Waals surface area (Å²) < 4.78 is 0. The predicted molar refractivity (Wildman–Crippen MR) is 73.0 cm³/mol. The number of nitrogens with one attached hydrogen (secondary N) is 1. The minimum atomic E-state index is 0.588. The van der Waals surface area contributed by atoms with Gasteiger partial charge in [-0.05, 0) is 31.0 Å². The molecule has 0 aliphatic carbocycles. The van der Waals surface area contributed by atoms with Gasteiger partial charge in [0.2, 0.25) is 0 Å². The standard InChI is InChI=1S/C13H24N2S/c1-11(2)14-8-12(3)9-15(4)10-13-6-5-7-16-13/h5-7,11-12,14H,8-10H2,1-4H3. The molecule has 92 valence electrons. The second-order valence-corrected chi connectivity index (χ2v) is 5.98. The van der Waals surface area contributed by atoms with Crippen LogP contribution in [0.15, 0.2) is 17.5 Å². The summed E-state index contributed by atoms with van der Waals surface area (Å²) in [5.41, 5.74) is 0. The van der Waals surface area contributed by atoms with Crippen molar-refractivity contribution in [2.45, 2.75) is 33.4 Å². The summed E-state index contributed by atoms with van der Waals surface area (Å²) in [5, 5.41) is 5.63. The highest BCUT2D eigenvalue weighted by atomic mass is 32.1. The third-order valence-electron chi connectivity index (χ3n) is 2.50. The molecule has 0 saturated carbocycles. The fraction of sp³-hybridized carbons (Fsp3) is 0.692. The fourth-order valence-electron chi connectivity index (χ4n) is 1.77. The van der Waals surface area contributed by atoms with Crippen LogP contribution in [0.1, 0.15) is 25.6 Å². The maximum absolute atomic E-state index is 3.49. The molecule has 0 radical (unpaired) electrons. The van der Waals surface area contributed by atoms with Gasteiger partial charge in [-0.2, -0.15) is 0 Å². The second-order valence-electron chi connectivity index (χ2n) is 4.94. The van der Waals surface area contributed by atoms with E-state index in [1.165, 1.54) is 4.88 Å². The first-order chi connectivity index (χ1) is 7.58. The van der Waals surface area contributed by atoms with Crippen molar-refractivity contribution in [1.29, 1.82) is 0 Å². The molecule has 1 unspecified atom stereocenters. The molecule has 0 spiro atoms. The molecule has 0 aliphatic heterocycles. The van der Waals surface area contributed by atoms with Crippen LogP contribution in [0.4, 0.5) is 0 Å². The Balaban J connectivity index is 2.20. The minimum absolute atomic E-state index is 0.588. The molecule has 2 nitrogen and oxygen atoms in total. The number of hydrogen-bond donors (Lipinski definition) is 1. The number of hydrogen-bond acceptors (Lipinski definition) is 3. The van der Waals surface area contributed by atoms with Crippen LogP contribution in [-0.4, -0.2) is 31.1 Å². The van der Waals surface area contributed by atoms with Gasteiger partial charge in [0.05, 0.1) is 0 Å². The van der Waals surface area contributed by atoms with Gasteiger partial charge in [0, 0.05) is 24.0 Å². The first-order valence-electron chi connectivity index (χ1n) is 6.02. The Labute approximate surface area is 104 Å². The van der Waals surface area contributed by atoms with E-state index in [1.54, 1.807) is 0 Å². The quantitative estimate of drug-likeness (QED) is 0.788. The van der Waals surface area contributed by atoms with Crippen molar-refractivity contribution >= 4 is 11.3 Å². The maximum Gasteiger partial charge on any atom is 0.0324 e. The fourth-order valence-corrected chi connectivity index (χ4v) is 2.55. The van der Waals surface area contributed by atoms with E-state index in [0.29, 0.717) is 12.0 Å². The summed E-state index contributed by atoms with van der Waals surface area (Å²) in [5.74, 6) is 0.701. The van der Waals surface area contributed by atoms with Crippen molar-refractivity contribution in [3.63, 3.8) is 0 Å². The zero-order valence-corrected chi connectivity index (χ0v) is 11.7. The molecule has 0 bridgehead atoms. The third kappa shape index (κ3) is 5.64. The van der Waals surface area contributed by atoms with E-state index in [2.05, 4.69) is 55.5 Å². The molecule has 16 heavy (non-hydrogen) atoms. The summed E-state index contributed by atoms with van der Waals surface area (Å²) in [4.78, 5) is 3.85. The van der Waals surface area contributed by atoms with Gasteiger partial charge in [-0.3, -0.25) is 0 Å². The molecular formula is C13H24N2S. The van der Waals surface area contributed by atoms with Crippen molar-refractivity contribution in [3.05, 3.63) is 22.4 Å². The number of thiophene rings is 1. The summed E-state index contributed by atoms with van der Waals surface area (Å²) in [6.07, 6.45) is 0. The molecule has 3 heteroatoms. The van der Waals surface area contributed by atoms with Gasteiger partial charge < -0.3 is 10.2 Å². The van der Waals surface area contributed by atoms with E-state index in [1.807, 2.05) is 11.3 Å². The van der Waals surface area contributed by atoms with E-state index in [4.69, 9.17) is 0 Å². The van der Waals surface area contributed by atoms with Crippen LogP contribution in [0.2, 0.25) is 0 Å². The largest absolute Gasteiger partial charge is 0.314 e. The molecule has 1 aromatic rings. The van der Waals surface area contributed by atoms with Crippen LogP contribution in [0.3, 0.4) is 0 Å². The lowest BCUT2D eigenvalue weighted by atomic mass is 10.1. The summed E-state index contributed by atoms with van der Waals surface area (Å²) in [6, 6.07) is 4.92. The Kier molecular flexibility index (Phi) is 6.03. The molecule has 0 amide bonds. The van der Waals surface area contributed by atoms with Crippen LogP contribution in [0.5, 0.6) is 0 Å². The highest BCUT2D eigenvalue weighted by Crippen LogP contribution is 2.11. The van der Waals surface area contributed by atoms with E-state index in [-0.39, 0.29) is 0 Å². The predicted octanol–water partition coefficient (Wildman–Crippen LogP) is 2.81. The SMILES string of the molecule is CC(CNC(C)C)CN(C)Cc1cccs1. The van der Waals surface area contributed by atoms with Gasteiger partial charge in [0.1, 0.15) is 0 Å². The van der Waals surface area contributed by atoms with Crippen LogP contribution >= 0.6 is 11.3 Å². The second kappa shape index (κ2) is 7.05. The lowest BCUT2D eigenvalue weighted by molar-refractivity contribution is 0.273. The smallest absolute Gasteiger partial charge is 0.0324 e. The van der Waals surface area contributed by atoms with E-state index in [0.717, 1.165) is 19.6 Å². The van der Waals surface area contributed by atoms with Crippen LogP contribution in [0, 0.1) is 5.92 Å². The molecule has 1 N–H and O–H groups in total. The van der Waals surface area contributed by atoms with Crippen molar-refractivity contribution < 1.29 is 0 Å². The topological polar surface area (TPSA) is 15.3 Å². The van der Waals surface area contributed by atoms with Crippen molar-refractivity contribution in [2.75, 3.05) is 20.1 Å². The zero-order valence-electron chi connectivity index (χ0n) is 10.9. The number of rotatable bonds is 7. The molecule has 0 aliphatic rings. The molecular weight excluding hydrogens is 216 g/mol. The lowest BCUT2D eigenvalue weighted by Gasteiger charge is -2.21. The van der Waals surface area contributed by atoms with E-state index in [9.17, 15) is 0 Å². The van der Waals surface area contributed by atoms with E-state index < -0.39 is 0 Å². The monoisotopic (exact) mass is 240 g/mol. The summed E-state index contributed by atoms with van der Waals surface area (Å²) in [7, 11) is 2.20. The Hall–Kier alpha value is -0.380. The first-order valence-corrected chi connectivity index (χ1v) is 6.90. The molecule has 0 saturated heterocycles. The maximum atomic E-state index is 3.49. The van der Waals surface area contributed by atoms with Gasteiger partial charge in [0.25, 0.3) is 0 Å². The Morgan fingerprint density at radius 3 is 2.69 bits per heavy atom. The van der Waals surface area contributed by atoms with Crippen molar-refractivity contribution in [3.8, 4) is 0 Å². The van der Waals surface area contributed by atoms with Gasteiger partial charge in [-0.15, -0.1) is 11.3 Å². The molecule has 1 rings (SSSR count). The first kappa shape index (κ1) is 13.7. The van der Waals surface area contributed by atoms with Crippen LogP contribution < -0.4 is 5.32 Å². The third-order valence-corrected chi connectivity index (χ3v) is 3.36. The highest BCUT2D eigenvalue weighted by Gasteiger charge is 2.07. The summed E-state index contributed by atoms with van der Waals surface area (Å²) >= 11 is 1.84. The summed E-state index contributed by atoms with van der Waals surface area (Å²) in [6.45, 7) is 10.0. The van der Waals surface area contributed by atoms with Crippen LogP contribution in [-0.2, 0) is 6.54 Å². The van der Waals surface area contributed by atoms with Gasteiger partial charge in [-0.1, -0.05) is 26.8 Å². The normalized spacial score (nSPS) is 13.6. The van der Waals surface area contributed by atoms with Gasteiger partial charge in [-0.25, -0.2) is 0 Å². The Bertz CT molecular complexity index is 269. The van der Waals surface area contributed by atoms with E-state index >= 15 is 0 Å². The average molecular weight is 240 g/mol. The zero-order chi connectivity index (χ0) is 12.0. The molecule has 0 fully saturated rings. The average Bonchev–Trinajstić information content (AvgIpc) is 2.67. The molecule has 1 atom stereocenters. The van der Waals surface area contributed by atoms with Gasteiger partial charge >= 0.3 is 0 Å². The number of nitrogens with zero attached hydrogens (tertiary/aromatic N) is 1. The lowest BCUT2D eigenvalue weighted by Crippen LogP contribution is -2.33. The highest BCUT2D eigenvalue weighted by molar-refractivity contribution is 7.09. The van der Waals surface area contributed by atoms with Crippen LogP contribution in [0.25, 0.3) is 0 Å². The minimum Gasteiger partial charge on any atom is -0.314 e. The Morgan fingerprint density at radius 1 is 1.38 bits per heavy atom. The Morgan fingerprint density at radius 2 is 2.12 bits per heavy atom. The van der Waals surface area contributed by atoms with Crippen molar-refractivity contribution in [1.82, 2.24) is 10.2 Å². The van der Waals surface area contributed by atoms with Gasteiger partial charge in [0.15, 0.2) is 0 Å². The molecule has 1 heterocycles. The molecule has 1 aromatic heterocycles. The van der Waals surface area contributed by atoms with Crippen molar-refractivity contribution in [2.24, 2.45) is 5.92 Å². The molecule has 0 aromatic carbocycles.